The lowest BCUT2D eigenvalue weighted by atomic mass is 10.1. The number of methoxy groups -OCH3 is 1. The molecule has 3 aromatic rings. The van der Waals surface area contributed by atoms with E-state index in [1.807, 2.05) is 31.0 Å². The molecule has 136 valence electrons. The van der Waals surface area contributed by atoms with Crippen LogP contribution in [0.2, 0.25) is 0 Å². The number of benzene rings is 2. The third-order valence-electron chi connectivity index (χ3n) is 4.09. The molecule has 0 unspecified atom stereocenters. The topological polar surface area (TPSA) is 90.2 Å². The maximum atomic E-state index is 12.3. The van der Waals surface area contributed by atoms with Gasteiger partial charge in [-0.05, 0) is 38.2 Å². The highest BCUT2D eigenvalue weighted by atomic mass is 16.5. The van der Waals surface area contributed by atoms with E-state index in [1.165, 1.54) is 0 Å². The van der Waals surface area contributed by atoms with Gasteiger partial charge in [0.25, 0.3) is 0 Å². The Kier molecular flexibility index (Phi) is 5.09. The molecule has 0 saturated carbocycles. The second-order valence-corrected chi connectivity index (χ2v) is 6.38. The normalized spacial score (nSPS) is 11.1. The summed E-state index contributed by atoms with van der Waals surface area (Å²) in [5.74, 6) is 0.682. The first-order valence-corrected chi connectivity index (χ1v) is 8.28. The quantitative estimate of drug-likeness (QED) is 0.633. The lowest BCUT2D eigenvalue weighted by molar-refractivity contribution is -0.117. The van der Waals surface area contributed by atoms with Crippen LogP contribution < -0.4 is 15.7 Å². The monoisotopic (exact) mass is 354 g/mol. The van der Waals surface area contributed by atoms with E-state index in [-0.39, 0.29) is 18.1 Å². The molecular weight excluding hydrogens is 332 g/mol. The Hall–Kier alpha value is -3.06. The Morgan fingerprint density at radius 3 is 2.69 bits per heavy atom. The van der Waals surface area contributed by atoms with Crippen LogP contribution in [0.5, 0.6) is 5.75 Å². The molecule has 7 heteroatoms. The van der Waals surface area contributed by atoms with Gasteiger partial charge in [-0.1, -0.05) is 17.7 Å². The summed E-state index contributed by atoms with van der Waals surface area (Å²) in [6.07, 6.45) is 0. The van der Waals surface area contributed by atoms with Crippen molar-refractivity contribution < 1.29 is 9.53 Å². The maximum absolute atomic E-state index is 12.3. The Bertz CT molecular complexity index is 990. The van der Waals surface area contributed by atoms with Crippen LogP contribution in [0, 0.1) is 6.92 Å². The van der Waals surface area contributed by atoms with Crippen molar-refractivity contribution >= 4 is 22.6 Å². The van der Waals surface area contributed by atoms with Crippen molar-refractivity contribution in [2.24, 2.45) is 0 Å². The van der Waals surface area contributed by atoms with Gasteiger partial charge in [-0.25, -0.2) is 4.79 Å². The lowest BCUT2D eigenvalue weighted by Crippen LogP contribution is -2.30. The first-order valence-electron chi connectivity index (χ1n) is 8.28. The van der Waals surface area contributed by atoms with Crippen LogP contribution in [0.4, 0.5) is 5.69 Å². The van der Waals surface area contributed by atoms with Crippen LogP contribution in [0.25, 0.3) is 11.0 Å². The number of nitrogens with zero attached hydrogens (tertiary/aromatic N) is 1. The van der Waals surface area contributed by atoms with E-state index < -0.39 is 0 Å². The number of fused-ring (bicyclic) bond motifs is 1. The molecule has 1 aromatic heterocycles. The molecule has 0 aliphatic carbocycles. The molecule has 0 atom stereocenters. The number of aromatic amines is 2. The number of carbonyl (C=O) groups excluding carboxylic acids is 1. The SMILES string of the molecule is COc1ccc(C)cc1CN(C)CC(=O)Nc1ccc2[nH]c(=O)[nH]c2c1. The largest absolute Gasteiger partial charge is 0.496 e. The minimum Gasteiger partial charge on any atom is -0.496 e. The van der Waals surface area contributed by atoms with Gasteiger partial charge in [0.05, 0.1) is 24.7 Å². The summed E-state index contributed by atoms with van der Waals surface area (Å²) >= 11 is 0. The molecule has 26 heavy (non-hydrogen) atoms. The van der Waals surface area contributed by atoms with Crippen LogP contribution in [-0.2, 0) is 11.3 Å². The van der Waals surface area contributed by atoms with Gasteiger partial charge in [-0.2, -0.15) is 0 Å². The fraction of sp³-hybridized carbons (Fsp3) is 0.263. The van der Waals surface area contributed by atoms with E-state index in [0.29, 0.717) is 23.3 Å². The van der Waals surface area contributed by atoms with Crippen LogP contribution in [0.15, 0.2) is 41.2 Å². The number of hydrogen-bond acceptors (Lipinski definition) is 4. The second kappa shape index (κ2) is 7.45. The Labute approximate surface area is 151 Å². The van der Waals surface area contributed by atoms with E-state index in [1.54, 1.807) is 25.3 Å². The van der Waals surface area contributed by atoms with Crippen molar-refractivity contribution in [2.75, 3.05) is 26.0 Å². The highest BCUT2D eigenvalue weighted by Crippen LogP contribution is 2.21. The summed E-state index contributed by atoms with van der Waals surface area (Å²) in [5, 5.41) is 2.85. The van der Waals surface area contributed by atoms with Crippen molar-refractivity contribution in [2.45, 2.75) is 13.5 Å². The Morgan fingerprint density at radius 1 is 1.15 bits per heavy atom. The second-order valence-electron chi connectivity index (χ2n) is 6.38. The molecule has 1 heterocycles. The van der Waals surface area contributed by atoms with Crippen LogP contribution in [-0.4, -0.2) is 41.5 Å². The molecule has 0 fully saturated rings. The number of H-pyrrole nitrogens is 2. The van der Waals surface area contributed by atoms with Gasteiger partial charge in [0.2, 0.25) is 5.91 Å². The number of amides is 1. The number of hydrogen-bond donors (Lipinski definition) is 3. The molecule has 1 amide bonds. The molecule has 0 bridgehead atoms. The molecule has 0 spiro atoms. The number of likely N-dealkylation sites (N-methyl/N-ethyl adjacent to an activating group) is 1. The summed E-state index contributed by atoms with van der Waals surface area (Å²) < 4.78 is 5.39. The third-order valence-corrected chi connectivity index (χ3v) is 4.09. The van der Waals surface area contributed by atoms with Gasteiger partial charge in [0.1, 0.15) is 5.75 Å². The van der Waals surface area contributed by atoms with E-state index in [0.717, 1.165) is 16.9 Å². The minimum absolute atomic E-state index is 0.128. The molecule has 7 nitrogen and oxygen atoms in total. The Balaban J connectivity index is 1.63. The summed E-state index contributed by atoms with van der Waals surface area (Å²) in [7, 11) is 3.52. The summed E-state index contributed by atoms with van der Waals surface area (Å²) in [6.45, 7) is 2.86. The molecule has 0 aliphatic rings. The molecule has 2 aromatic carbocycles. The number of aryl methyl sites for hydroxylation is 1. The van der Waals surface area contributed by atoms with Gasteiger partial charge >= 0.3 is 5.69 Å². The van der Waals surface area contributed by atoms with E-state index in [2.05, 4.69) is 21.4 Å². The van der Waals surface area contributed by atoms with Crippen molar-refractivity contribution in [3.63, 3.8) is 0 Å². The summed E-state index contributed by atoms with van der Waals surface area (Å²) in [5.41, 5.74) is 3.92. The highest BCUT2D eigenvalue weighted by Gasteiger charge is 2.11. The summed E-state index contributed by atoms with van der Waals surface area (Å²) in [6, 6.07) is 11.2. The fourth-order valence-corrected chi connectivity index (χ4v) is 2.93. The predicted molar refractivity (Wildman–Crippen MR) is 102 cm³/mol. The van der Waals surface area contributed by atoms with Crippen molar-refractivity contribution in [1.82, 2.24) is 14.9 Å². The number of carbonyl (C=O) groups is 1. The summed E-state index contributed by atoms with van der Waals surface area (Å²) in [4.78, 5) is 30.9. The number of ether oxygens (including phenoxy) is 1. The zero-order valence-corrected chi connectivity index (χ0v) is 15.1. The van der Waals surface area contributed by atoms with Crippen molar-refractivity contribution in [1.29, 1.82) is 0 Å². The third kappa shape index (κ3) is 4.12. The van der Waals surface area contributed by atoms with Crippen molar-refractivity contribution in [3.8, 4) is 5.75 Å². The van der Waals surface area contributed by atoms with Gasteiger partial charge in [0.15, 0.2) is 0 Å². The van der Waals surface area contributed by atoms with Gasteiger partial charge in [-0.3, -0.25) is 9.69 Å². The van der Waals surface area contributed by atoms with E-state index in [4.69, 9.17) is 4.74 Å². The van der Waals surface area contributed by atoms with Crippen LogP contribution >= 0.6 is 0 Å². The Morgan fingerprint density at radius 2 is 1.92 bits per heavy atom. The molecular formula is C19H22N4O3. The fourth-order valence-electron chi connectivity index (χ4n) is 2.93. The van der Waals surface area contributed by atoms with E-state index >= 15 is 0 Å². The smallest absolute Gasteiger partial charge is 0.323 e. The number of imidazole rings is 1. The van der Waals surface area contributed by atoms with Crippen LogP contribution in [0.1, 0.15) is 11.1 Å². The number of anilines is 1. The lowest BCUT2D eigenvalue weighted by Gasteiger charge is -2.18. The zero-order chi connectivity index (χ0) is 18.7. The van der Waals surface area contributed by atoms with Gasteiger partial charge in [0, 0.05) is 17.8 Å². The number of aromatic nitrogens is 2. The molecule has 0 radical (unpaired) electrons. The maximum Gasteiger partial charge on any atom is 0.323 e. The van der Waals surface area contributed by atoms with Crippen LogP contribution in [0.3, 0.4) is 0 Å². The first kappa shape index (κ1) is 17.8. The zero-order valence-electron chi connectivity index (χ0n) is 15.1. The van der Waals surface area contributed by atoms with Gasteiger partial charge < -0.3 is 20.0 Å². The molecule has 0 aliphatic heterocycles. The first-order chi connectivity index (χ1) is 12.4. The predicted octanol–water partition coefficient (Wildman–Crippen LogP) is 2.24. The highest BCUT2D eigenvalue weighted by molar-refractivity contribution is 5.94. The van der Waals surface area contributed by atoms with Crippen molar-refractivity contribution in [3.05, 3.63) is 58.0 Å². The molecule has 0 saturated heterocycles. The standard InChI is InChI=1S/C19H22N4O3/c1-12-4-7-17(26-3)13(8-12)10-23(2)11-18(24)20-14-5-6-15-16(9-14)22-19(25)21-15/h4-9H,10-11H2,1-3H3,(H,20,24)(H2,21,22,25). The minimum atomic E-state index is -0.268. The average Bonchev–Trinajstić information content (AvgIpc) is 2.94. The van der Waals surface area contributed by atoms with Gasteiger partial charge in [-0.15, -0.1) is 0 Å². The number of nitrogens with one attached hydrogen (secondary N) is 3. The molecule has 3 N–H and O–H groups in total. The molecule has 3 rings (SSSR count). The average molecular weight is 354 g/mol. The number of rotatable bonds is 6. The van der Waals surface area contributed by atoms with E-state index in [9.17, 15) is 9.59 Å².